The molecule has 1 atom stereocenters. The lowest BCUT2D eigenvalue weighted by atomic mass is 10.0. The second kappa shape index (κ2) is 5.74. The largest absolute Gasteiger partial charge is 0.352 e. The van der Waals surface area contributed by atoms with Crippen LogP contribution in [0.5, 0.6) is 0 Å². The molecule has 1 aliphatic rings. The first-order chi connectivity index (χ1) is 8.94. The summed E-state index contributed by atoms with van der Waals surface area (Å²) in [6.07, 6.45) is 0.922. The van der Waals surface area contributed by atoms with E-state index in [0.717, 1.165) is 5.56 Å². The van der Waals surface area contributed by atoms with Gasteiger partial charge >= 0.3 is 0 Å². The average Bonchev–Trinajstić information content (AvgIpc) is 2.68. The molecule has 0 unspecified atom stereocenters. The predicted octanol–water partition coefficient (Wildman–Crippen LogP) is 1.44. The summed E-state index contributed by atoms with van der Waals surface area (Å²) in [5, 5.41) is 2.84. The molecule has 1 aromatic rings. The van der Waals surface area contributed by atoms with E-state index >= 15 is 0 Å². The lowest BCUT2D eigenvalue weighted by Crippen LogP contribution is -2.25. The molecule has 0 spiro atoms. The minimum Gasteiger partial charge on any atom is -0.352 e. The molecular weight excluding hydrogens is 262 g/mol. The van der Waals surface area contributed by atoms with Crippen LogP contribution in [-0.2, 0) is 21.2 Å². The fourth-order valence-corrected chi connectivity index (χ4v) is 4.14. The maximum atomic E-state index is 11.7. The highest BCUT2D eigenvalue weighted by atomic mass is 32.2. The second-order valence-electron chi connectivity index (χ2n) is 5.24. The summed E-state index contributed by atoms with van der Waals surface area (Å²) in [6.45, 7) is 2.52. The van der Waals surface area contributed by atoms with Gasteiger partial charge in [-0.3, -0.25) is 4.79 Å². The molecule has 1 saturated heterocycles. The highest BCUT2D eigenvalue weighted by molar-refractivity contribution is 7.91. The number of rotatable bonds is 4. The zero-order valence-electron chi connectivity index (χ0n) is 11.1. The zero-order chi connectivity index (χ0) is 13.9. The number of aryl methyl sites for hydroxylation is 1. The Balaban J connectivity index is 1.77. The van der Waals surface area contributed by atoms with Gasteiger partial charge in [-0.25, -0.2) is 8.42 Å². The lowest BCUT2D eigenvalue weighted by Gasteiger charge is -2.09. The minimum atomic E-state index is -2.89. The Hall–Kier alpha value is -1.36. The quantitative estimate of drug-likeness (QED) is 0.908. The average molecular weight is 281 g/mol. The Labute approximate surface area is 114 Å². The zero-order valence-corrected chi connectivity index (χ0v) is 11.9. The molecule has 1 aromatic carbocycles. The molecule has 5 heteroatoms. The molecule has 0 saturated carbocycles. The molecule has 1 amide bonds. The molecule has 4 nitrogen and oxygen atoms in total. The minimum absolute atomic E-state index is 0.0111. The van der Waals surface area contributed by atoms with Crippen molar-refractivity contribution in [3.8, 4) is 0 Å². The summed E-state index contributed by atoms with van der Waals surface area (Å²) in [4.78, 5) is 11.7. The first kappa shape index (κ1) is 14.1. The van der Waals surface area contributed by atoms with E-state index in [9.17, 15) is 13.2 Å². The molecule has 0 radical (unpaired) electrons. The van der Waals surface area contributed by atoms with Crippen molar-refractivity contribution in [2.24, 2.45) is 5.92 Å². The highest BCUT2D eigenvalue weighted by Gasteiger charge is 2.29. The number of benzene rings is 1. The van der Waals surface area contributed by atoms with E-state index in [2.05, 4.69) is 5.32 Å². The van der Waals surface area contributed by atoms with Crippen LogP contribution in [-0.4, -0.2) is 25.8 Å². The van der Waals surface area contributed by atoms with Gasteiger partial charge in [-0.15, -0.1) is 0 Å². The van der Waals surface area contributed by atoms with Crippen LogP contribution in [0.1, 0.15) is 24.0 Å². The molecule has 1 N–H and O–H groups in total. The first-order valence-electron chi connectivity index (χ1n) is 6.47. The summed E-state index contributed by atoms with van der Waals surface area (Å²) in [6, 6.07) is 7.97. The van der Waals surface area contributed by atoms with Gasteiger partial charge < -0.3 is 5.32 Å². The summed E-state index contributed by atoms with van der Waals surface area (Å²) >= 11 is 0. The van der Waals surface area contributed by atoms with Crippen molar-refractivity contribution in [3.63, 3.8) is 0 Å². The number of hydrogen-bond acceptors (Lipinski definition) is 3. The van der Waals surface area contributed by atoms with Crippen molar-refractivity contribution in [3.05, 3.63) is 35.4 Å². The standard InChI is InChI=1S/C14H19NO3S/c1-11-2-4-12(5-3-11)9-15-14(16)8-13-6-7-19(17,18)10-13/h2-5,13H,6-10H2,1H3,(H,15,16)/t13-/m0/s1. The predicted molar refractivity (Wildman–Crippen MR) is 74.4 cm³/mol. The van der Waals surface area contributed by atoms with Crippen LogP contribution in [0, 0.1) is 12.8 Å². The van der Waals surface area contributed by atoms with Gasteiger partial charge in [-0.05, 0) is 24.8 Å². The van der Waals surface area contributed by atoms with Crippen LogP contribution in [0.25, 0.3) is 0 Å². The molecule has 0 bridgehead atoms. The number of hydrogen-bond donors (Lipinski definition) is 1. The van der Waals surface area contributed by atoms with Crippen LogP contribution in [0.15, 0.2) is 24.3 Å². The van der Waals surface area contributed by atoms with E-state index < -0.39 is 9.84 Å². The van der Waals surface area contributed by atoms with Gasteiger partial charge in [0.1, 0.15) is 0 Å². The summed E-state index contributed by atoms with van der Waals surface area (Å²) in [7, 11) is -2.89. The Kier molecular flexibility index (Phi) is 4.24. The molecule has 19 heavy (non-hydrogen) atoms. The third-order valence-corrected chi connectivity index (χ3v) is 5.25. The van der Waals surface area contributed by atoms with Crippen LogP contribution >= 0.6 is 0 Å². The van der Waals surface area contributed by atoms with Gasteiger partial charge in [0.2, 0.25) is 5.91 Å². The van der Waals surface area contributed by atoms with E-state index in [1.54, 1.807) is 0 Å². The Morgan fingerprint density at radius 1 is 1.32 bits per heavy atom. The molecule has 0 aromatic heterocycles. The summed E-state index contributed by atoms with van der Waals surface area (Å²) < 4.78 is 22.6. The van der Waals surface area contributed by atoms with Gasteiger partial charge in [0.25, 0.3) is 0 Å². The van der Waals surface area contributed by atoms with E-state index in [4.69, 9.17) is 0 Å². The fourth-order valence-electron chi connectivity index (χ4n) is 2.27. The normalized spacial score (nSPS) is 21.2. The molecule has 1 heterocycles. The monoisotopic (exact) mass is 281 g/mol. The number of carbonyl (C=O) groups is 1. The molecule has 1 aliphatic heterocycles. The Bertz CT molecular complexity index is 549. The molecular formula is C14H19NO3S. The fraction of sp³-hybridized carbons (Fsp3) is 0.500. The van der Waals surface area contributed by atoms with E-state index in [1.807, 2.05) is 31.2 Å². The maximum absolute atomic E-state index is 11.7. The number of amides is 1. The summed E-state index contributed by atoms with van der Waals surface area (Å²) in [5.41, 5.74) is 2.24. The third-order valence-electron chi connectivity index (χ3n) is 3.41. The van der Waals surface area contributed by atoms with Gasteiger partial charge in [0.05, 0.1) is 11.5 Å². The van der Waals surface area contributed by atoms with Crippen molar-refractivity contribution >= 4 is 15.7 Å². The van der Waals surface area contributed by atoms with Crippen LogP contribution in [0.3, 0.4) is 0 Å². The number of sulfone groups is 1. The SMILES string of the molecule is Cc1ccc(CNC(=O)C[C@@H]2CCS(=O)(=O)C2)cc1. The lowest BCUT2D eigenvalue weighted by molar-refractivity contribution is -0.122. The van der Waals surface area contributed by atoms with Crippen LogP contribution in [0.4, 0.5) is 0 Å². The van der Waals surface area contributed by atoms with E-state index in [0.29, 0.717) is 19.4 Å². The number of carbonyl (C=O) groups excluding carboxylic acids is 1. The molecule has 104 valence electrons. The van der Waals surface area contributed by atoms with Gasteiger partial charge in [-0.2, -0.15) is 0 Å². The third kappa shape index (κ3) is 4.35. The Morgan fingerprint density at radius 2 is 2.00 bits per heavy atom. The van der Waals surface area contributed by atoms with Gasteiger partial charge in [0.15, 0.2) is 9.84 Å². The molecule has 2 rings (SSSR count). The van der Waals surface area contributed by atoms with E-state index in [1.165, 1.54) is 5.56 Å². The highest BCUT2D eigenvalue weighted by Crippen LogP contribution is 2.21. The van der Waals surface area contributed by atoms with E-state index in [-0.39, 0.29) is 23.3 Å². The Morgan fingerprint density at radius 3 is 2.58 bits per heavy atom. The van der Waals surface area contributed by atoms with Crippen molar-refractivity contribution in [2.45, 2.75) is 26.3 Å². The molecule has 0 aliphatic carbocycles. The van der Waals surface area contributed by atoms with Crippen molar-refractivity contribution in [2.75, 3.05) is 11.5 Å². The van der Waals surface area contributed by atoms with Gasteiger partial charge in [0, 0.05) is 13.0 Å². The topological polar surface area (TPSA) is 63.2 Å². The second-order valence-corrected chi connectivity index (χ2v) is 7.46. The van der Waals surface area contributed by atoms with Crippen LogP contribution < -0.4 is 5.32 Å². The van der Waals surface area contributed by atoms with Crippen molar-refractivity contribution in [1.29, 1.82) is 0 Å². The first-order valence-corrected chi connectivity index (χ1v) is 8.29. The van der Waals surface area contributed by atoms with Crippen LogP contribution in [0.2, 0.25) is 0 Å². The van der Waals surface area contributed by atoms with Crippen molar-refractivity contribution in [1.82, 2.24) is 5.32 Å². The number of nitrogens with one attached hydrogen (secondary N) is 1. The maximum Gasteiger partial charge on any atom is 0.220 e. The molecule has 1 fully saturated rings. The van der Waals surface area contributed by atoms with Crippen molar-refractivity contribution < 1.29 is 13.2 Å². The smallest absolute Gasteiger partial charge is 0.220 e. The van der Waals surface area contributed by atoms with Gasteiger partial charge in [-0.1, -0.05) is 29.8 Å². The summed E-state index contributed by atoms with van der Waals surface area (Å²) in [5.74, 6) is 0.305.